The summed E-state index contributed by atoms with van der Waals surface area (Å²) in [5.74, 6) is -0.132. The van der Waals surface area contributed by atoms with Gasteiger partial charge >= 0.3 is 0 Å². The molecule has 57 valence electrons. The van der Waals surface area contributed by atoms with Crippen molar-refractivity contribution in [2.45, 2.75) is 12.8 Å². The second-order valence-corrected chi connectivity index (χ2v) is 3.31. The predicted molar refractivity (Wildman–Crippen MR) is 48.3 cm³/mol. The Morgan fingerprint density at radius 3 is 2.82 bits per heavy atom. The van der Waals surface area contributed by atoms with Crippen LogP contribution in [0.4, 0.5) is 0 Å². The molecule has 1 radical (unpaired) electrons. The fourth-order valence-electron chi connectivity index (χ4n) is 0.844. The molecule has 11 heavy (non-hydrogen) atoms. The van der Waals surface area contributed by atoms with Crippen LogP contribution in [-0.2, 0) is 4.79 Å². The maximum atomic E-state index is 10.3. The average Bonchev–Trinajstić information content (AvgIpc) is 2.03. The summed E-state index contributed by atoms with van der Waals surface area (Å²) in [7, 11) is 0. The highest BCUT2D eigenvalue weighted by Gasteiger charge is 2.03. The molecule has 0 N–H and O–H groups in total. The van der Waals surface area contributed by atoms with Crippen LogP contribution in [0.3, 0.4) is 0 Å². The number of hydrogen-bond acceptors (Lipinski definition) is 1. The van der Waals surface area contributed by atoms with Crippen molar-refractivity contribution in [3.63, 3.8) is 0 Å². The summed E-state index contributed by atoms with van der Waals surface area (Å²) in [4.78, 5) is 10.3. The third-order valence-electron chi connectivity index (χ3n) is 1.53. The van der Waals surface area contributed by atoms with Gasteiger partial charge in [-0.2, -0.15) is 0 Å². The summed E-state index contributed by atoms with van der Waals surface area (Å²) < 4.78 is 0.997. The van der Waals surface area contributed by atoms with Gasteiger partial charge in [0.2, 0.25) is 6.29 Å². The Kier molecular flexibility index (Phi) is 2.83. The number of carbonyl (C=O) groups excluding carboxylic acids is 1. The van der Waals surface area contributed by atoms with E-state index in [0.717, 1.165) is 10.0 Å². The van der Waals surface area contributed by atoms with E-state index in [1.807, 2.05) is 37.5 Å². The van der Waals surface area contributed by atoms with Gasteiger partial charge in [-0.3, -0.25) is 4.79 Å². The first-order valence-electron chi connectivity index (χ1n) is 3.37. The van der Waals surface area contributed by atoms with Crippen LogP contribution in [0.15, 0.2) is 28.7 Å². The smallest absolute Gasteiger partial charge is 0.206 e. The molecule has 1 nitrogen and oxygen atoms in total. The third kappa shape index (κ3) is 2.15. The van der Waals surface area contributed by atoms with Crippen LogP contribution in [0.2, 0.25) is 0 Å². The minimum absolute atomic E-state index is 0.132. The Morgan fingerprint density at radius 1 is 1.55 bits per heavy atom. The molecular formula is C9H8BrO. The van der Waals surface area contributed by atoms with Gasteiger partial charge in [-0.25, -0.2) is 0 Å². The molecule has 0 saturated heterocycles. The van der Waals surface area contributed by atoms with E-state index in [0.29, 0.717) is 0 Å². The standard InChI is InChI=1S/C9H8BrO/c1-7(6-11)8-3-2-4-9(10)5-8/h2-5,7H,1H3. The molecule has 0 aliphatic carbocycles. The summed E-state index contributed by atoms with van der Waals surface area (Å²) in [6.45, 7) is 1.83. The zero-order valence-electron chi connectivity index (χ0n) is 6.17. The summed E-state index contributed by atoms with van der Waals surface area (Å²) in [6, 6.07) is 7.68. The monoisotopic (exact) mass is 211 g/mol. The van der Waals surface area contributed by atoms with Crippen molar-refractivity contribution in [3.8, 4) is 0 Å². The SMILES string of the molecule is CC([C]=O)c1cccc(Br)c1. The van der Waals surface area contributed by atoms with Gasteiger partial charge in [-0.05, 0) is 17.7 Å². The van der Waals surface area contributed by atoms with E-state index in [4.69, 9.17) is 0 Å². The lowest BCUT2D eigenvalue weighted by Gasteiger charge is -2.01. The molecule has 0 aliphatic rings. The van der Waals surface area contributed by atoms with Crippen molar-refractivity contribution in [2.24, 2.45) is 0 Å². The zero-order valence-corrected chi connectivity index (χ0v) is 7.76. The Balaban J connectivity index is 2.95. The van der Waals surface area contributed by atoms with Gasteiger partial charge in [0.15, 0.2) is 0 Å². The second kappa shape index (κ2) is 3.67. The fraction of sp³-hybridized carbons (Fsp3) is 0.222. The average molecular weight is 212 g/mol. The first-order chi connectivity index (χ1) is 5.24. The van der Waals surface area contributed by atoms with Gasteiger partial charge < -0.3 is 0 Å². The van der Waals surface area contributed by atoms with Gasteiger partial charge in [0.05, 0.1) is 0 Å². The van der Waals surface area contributed by atoms with Crippen LogP contribution in [0.1, 0.15) is 18.4 Å². The normalized spacial score (nSPS) is 12.5. The molecule has 0 amide bonds. The summed E-state index contributed by atoms with van der Waals surface area (Å²) in [5.41, 5.74) is 0.995. The number of rotatable bonds is 2. The third-order valence-corrected chi connectivity index (χ3v) is 2.02. The van der Waals surface area contributed by atoms with E-state index in [2.05, 4.69) is 15.9 Å². The van der Waals surface area contributed by atoms with Gasteiger partial charge in [-0.15, -0.1) is 0 Å². The van der Waals surface area contributed by atoms with Crippen molar-refractivity contribution < 1.29 is 4.79 Å². The summed E-state index contributed by atoms with van der Waals surface area (Å²) in [5, 5.41) is 0. The van der Waals surface area contributed by atoms with Crippen LogP contribution < -0.4 is 0 Å². The van der Waals surface area contributed by atoms with Crippen molar-refractivity contribution in [2.75, 3.05) is 0 Å². The lowest BCUT2D eigenvalue weighted by Crippen LogP contribution is -1.92. The molecule has 0 heterocycles. The van der Waals surface area contributed by atoms with E-state index < -0.39 is 0 Å². The van der Waals surface area contributed by atoms with E-state index in [1.165, 1.54) is 0 Å². The van der Waals surface area contributed by atoms with Crippen molar-refractivity contribution in [1.82, 2.24) is 0 Å². The Labute approximate surface area is 74.6 Å². The second-order valence-electron chi connectivity index (χ2n) is 2.39. The first kappa shape index (κ1) is 8.47. The lowest BCUT2D eigenvalue weighted by atomic mass is 10.0. The molecule has 1 aromatic rings. The van der Waals surface area contributed by atoms with Crippen LogP contribution in [0.25, 0.3) is 0 Å². The van der Waals surface area contributed by atoms with Crippen LogP contribution >= 0.6 is 15.9 Å². The van der Waals surface area contributed by atoms with Crippen molar-refractivity contribution in [1.29, 1.82) is 0 Å². The predicted octanol–water partition coefficient (Wildman–Crippen LogP) is 2.66. The number of benzene rings is 1. The Bertz CT molecular complexity index is 257. The molecule has 0 bridgehead atoms. The van der Waals surface area contributed by atoms with E-state index in [1.54, 1.807) is 0 Å². The highest BCUT2D eigenvalue weighted by atomic mass is 79.9. The minimum Gasteiger partial charge on any atom is -0.290 e. The molecular weight excluding hydrogens is 204 g/mol. The van der Waals surface area contributed by atoms with Crippen LogP contribution in [0, 0.1) is 0 Å². The number of halogens is 1. The van der Waals surface area contributed by atoms with Crippen LogP contribution in [0.5, 0.6) is 0 Å². The lowest BCUT2D eigenvalue weighted by molar-refractivity contribution is 0.546. The Hall–Kier alpha value is -0.630. The molecule has 1 atom stereocenters. The molecule has 0 aromatic heterocycles. The molecule has 0 fully saturated rings. The highest BCUT2D eigenvalue weighted by molar-refractivity contribution is 9.10. The maximum absolute atomic E-state index is 10.3. The van der Waals surface area contributed by atoms with Crippen molar-refractivity contribution in [3.05, 3.63) is 34.3 Å². The summed E-state index contributed by atoms with van der Waals surface area (Å²) >= 11 is 3.33. The van der Waals surface area contributed by atoms with E-state index >= 15 is 0 Å². The zero-order chi connectivity index (χ0) is 8.27. The quantitative estimate of drug-likeness (QED) is 0.736. The van der Waals surface area contributed by atoms with E-state index in [-0.39, 0.29) is 5.92 Å². The fourth-order valence-corrected chi connectivity index (χ4v) is 1.26. The first-order valence-corrected chi connectivity index (χ1v) is 4.16. The summed E-state index contributed by atoms with van der Waals surface area (Å²) in [6.07, 6.45) is 1.94. The molecule has 1 unspecified atom stereocenters. The molecule has 2 heteroatoms. The van der Waals surface area contributed by atoms with E-state index in [9.17, 15) is 4.79 Å². The van der Waals surface area contributed by atoms with Gasteiger partial charge in [0.25, 0.3) is 0 Å². The van der Waals surface area contributed by atoms with Gasteiger partial charge in [0.1, 0.15) is 0 Å². The number of hydrogen-bond donors (Lipinski definition) is 0. The molecule has 1 rings (SSSR count). The topological polar surface area (TPSA) is 17.1 Å². The highest BCUT2D eigenvalue weighted by Crippen LogP contribution is 2.17. The minimum atomic E-state index is -0.132. The molecule has 1 aromatic carbocycles. The van der Waals surface area contributed by atoms with Gasteiger partial charge in [-0.1, -0.05) is 35.0 Å². The largest absolute Gasteiger partial charge is 0.290 e. The van der Waals surface area contributed by atoms with Crippen molar-refractivity contribution >= 4 is 22.2 Å². The molecule has 0 spiro atoms. The molecule has 0 aliphatic heterocycles. The van der Waals surface area contributed by atoms with Gasteiger partial charge in [0, 0.05) is 10.4 Å². The molecule has 0 saturated carbocycles. The van der Waals surface area contributed by atoms with Crippen LogP contribution in [-0.4, -0.2) is 6.29 Å². The Morgan fingerprint density at radius 2 is 2.27 bits per heavy atom. The maximum Gasteiger partial charge on any atom is 0.206 e.